The lowest BCUT2D eigenvalue weighted by molar-refractivity contribution is 0.406. The molecule has 3 aromatic carbocycles. The van der Waals surface area contributed by atoms with Gasteiger partial charge >= 0.3 is 0 Å². The van der Waals surface area contributed by atoms with Gasteiger partial charge in [0.1, 0.15) is 0 Å². The fourth-order valence-corrected chi connectivity index (χ4v) is 10.7. The molecule has 5 rings (SSSR count). The number of fused-ring (bicyclic) bond motifs is 7. The molecule has 5 aromatic rings. The Bertz CT molecular complexity index is 1500. The van der Waals surface area contributed by atoms with Crippen LogP contribution < -0.4 is 0 Å². The normalized spacial score (nSPS) is 12.3. The Labute approximate surface area is 302 Å². The van der Waals surface area contributed by atoms with E-state index in [9.17, 15) is 0 Å². The minimum absolute atomic E-state index is 0.840. The highest BCUT2D eigenvalue weighted by Gasteiger charge is 2.16. The van der Waals surface area contributed by atoms with Gasteiger partial charge in [0.2, 0.25) is 0 Å². The van der Waals surface area contributed by atoms with E-state index in [0.29, 0.717) is 0 Å². The largest absolute Gasteiger partial charge is 0.140 e. The lowest BCUT2D eigenvalue weighted by Crippen LogP contribution is -2.04. The highest BCUT2D eigenvalue weighted by molar-refractivity contribution is 7.19. The Hall–Kier alpha value is -1.90. The molecule has 0 aliphatic heterocycles. The zero-order valence-electron chi connectivity index (χ0n) is 31.1. The van der Waals surface area contributed by atoms with E-state index in [0.717, 1.165) is 11.8 Å². The molecule has 2 heterocycles. The molecule has 0 bridgehead atoms. The van der Waals surface area contributed by atoms with Crippen molar-refractivity contribution in [1.29, 1.82) is 0 Å². The van der Waals surface area contributed by atoms with Gasteiger partial charge in [-0.2, -0.15) is 0 Å². The van der Waals surface area contributed by atoms with Crippen molar-refractivity contribution in [2.45, 2.75) is 169 Å². The Morgan fingerprint density at radius 1 is 0.375 bits per heavy atom. The van der Waals surface area contributed by atoms with Crippen LogP contribution in [0.4, 0.5) is 0 Å². The molecule has 0 N–H and O–H groups in total. The van der Waals surface area contributed by atoms with E-state index in [1.54, 1.807) is 9.75 Å². The lowest BCUT2D eigenvalue weighted by atomic mass is 9.90. The Kier molecular flexibility index (Phi) is 15.6. The molecule has 0 nitrogen and oxygen atoms in total. The van der Waals surface area contributed by atoms with Crippen LogP contribution in [0.1, 0.15) is 166 Å². The maximum atomic E-state index is 2.57. The molecule has 2 heteroatoms. The van der Waals surface area contributed by atoms with Crippen molar-refractivity contribution in [3.8, 4) is 0 Å². The summed E-state index contributed by atoms with van der Waals surface area (Å²) in [5, 5.41) is 8.70. The third kappa shape index (κ3) is 10.3. The standard InChI is InChI=1S/C46H66S2/c1-5-9-13-17-21-35(22-18-14-10-6-2)31-37-33-43-41-25-26-42-40(39(41)27-29-45(43)47-37)28-30-46-44(42)34-38(48-46)32-36(23-19-15-11-7-3)24-20-16-12-8-4/h25-30,33-36H,5-24,31-32H2,1-4H3. The average Bonchev–Trinajstić information content (AvgIpc) is 3.72. The van der Waals surface area contributed by atoms with Gasteiger partial charge in [0, 0.05) is 29.9 Å². The minimum atomic E-state index is 0.840. The molecule has 0 saturated heterocycles. The van der Waals surface area contributed by atoms with Crippen molar-refractivity contribution in [2.24, 2.45) is 11.8 Å². The van der Waals surface area contributed by atoms with Crippen LogP contribution in [0.5, 0.6) is 0 Å². The lowest BCUT2D eigenvalue weighted by Gasteiger charge is -2.16. The molecule has 0 radical (unpaired) electrons. The molecule has 0 spiro atoms. The third-order valence-corrected chi connectivity index (χ3v) is 13.4. The highest BCUT2D eigenvalue weighted by Crippen LogP contribution is 2.41. The maximum Gasteiger partial charge on any atom is 0.0352 e. The molecule has 0 aliphatic rings. The fraction of sp³-hybridized carbons (Fsp3) is 0.609. The van der Waals surface area contributed by atoms with Crippen molar-refractivity contribution in [2.75, 3.05) is 0 Å². The van der Waals surface area contributed by atoms with E-state index < -0.39 is 0 Å². The van der Waals surface area contributed by atoms with Crippen LogP contribution in [0.2, 0.25) is 0 Å². The van der Waals surface area contributed by atoms with Crippen LogP contribution >= 0.6 is 22.7 Å². The third-order valence-electron chi connectivity index (χ3n) is 11.1. The van der Waals surface area contributed by atoms with E-state index in [2.05, 4.69) is 98.9 Å². The minimum Gasteiger partial charge on any atom is -0.140 e. The van der Waals surface area contributed by atoms with E-state index in [1.807, 2.05) is 0 Å². The molecular formula is C46H66S2. The fourth-order valence-electron chi connectivity index (χ4n) is 8.27. The molecule has 262 valence electrons. The zero-order valence-corrected chi connectivity index (χ0v) is 32.8. The average molecular weight is 683 g/mol. The maximum absolute atomic E-state index is 2.57. The summed E-state index contributed by atoms with van der Waals surface area (Å²) in [6.45, 7) is 9.32. The summed E-state index contributed by atoms with van der Waals surface area (Å²) in [5.74, 6) is 1.68. The van der Waals surface area contributed by atoms with Crippen LogP contribution in [0.3, 0.4) is 0 Å². The van der Waals surface area contributed by atoms with Gasteiger partial charge in [-0.15, -0.1) is 22.7 Å². The Balaban J connectivity index is 1.36. The smallest absolute Gasteiger partial charge is 0.0352 e. The first kappa shape index (κ1) is 37.4. The number of thiophene rings is 2. The number of benzene rings is 3. The molecule has 0 atom stereocenters. The zero-order chi connectivity index (χ0) is 33.6. The quantitative estimate of drug-likeness (QED) is 0.0449. The monoisotopic (exact) mass is 682 g/mol. The van der Waals surface area contributed by atoms with E-state index in [4.69, 9.17) is 0 Å². The number of hydrogen-bond acceptors (Lipinski definition) is 2. The molecule has 48 heavy (non-hydrogen) atoms. The van der Waals surface area contributed by atoms with Gasteiger partial charge in [0.25, 0.3) is 0 Å². The summed E-state index contributed by atoms with van der Waals surface area (Å²) in [6.07, 6.45) is 30.3. The van der Waals surface area contributed by atoms with Crippen LogP contribution in [0.25, 0.3) is 41.7 Å². The number of hydrogen-bond donors (Lipinski definition) is 0. The summed E-state index contributed by atoms with van der Waals surface area (Å²) in [6, 6.07) is 19.7. The van der Waals surface area contributed by atoms with Crippen molar-refractivity contribution >= 4 is 64.4 Å². The van der Waals surface area contributed by atoms with Gasteiger partial charge in [-0.1, -0.05) is 180 Å². The summed E-state index contributed by atoms with van der Waals surface area (Å²) in [4.78, 5) is 3.20. The van der Waals surface area contributed by atoms with E-state index in [1.165, 1.54) is 183 Å². The molecule has 0 amide bonds. The first-order chi connectivity index (χ1) is 23.6. The Morgan fingerprint density at radius 3 is 1.02 bits per heavy atom. The first-order valence-electron chi connectivity index (χ1n) is 20.4. The van der Waals surface area contributed by atoms with Crippen molar-refractivity contribution in [1.82, 2.24) is 0 Å². The van der Waals surface area contributed by atoms with Gasteiger partial charge < -0.3 is 0 Å². The van der Waals surface area contributed by atoms with Crippen LogP contribution in [0.15, 0.2) is 48.5 Å². The van der Waals surface area contributed by atoms with Crippen molar-refractivity contribution in [3.63, 3.8) is 0 Å². The van der Waals surface area contributed by atoms with Crippen LogP contribution in [0, 0.1) is 11.8 Å². The van der Waals surface area contributed by atoms with E-state index >= 15 is 0 Å². The summed E-state index contributed by atoms with van der Waals surface area (Å²) in [5.41, 5.74) is 0. The predicted octanol–water partition coefficient (Wildman–Crippen LogP) is 16.6. The SMILES string of the molecule is CCCCCCC(CCCCCC)Cc1cc2c(ccc3c2ccc2c4cc(CC(CCCCCC)CCCCCC)sc4ccc23)s1. The topological polar surface area (TPSA) is 0 Å². The second-order valence-corrected chi connectivity index (χ2v) is 17.5. The van der Waals surface area contributed by atoms with Crippen LogP contribution in [-0.2, 0) is 12.8 Å². The summed E-state index contributed by atoms with van der Waals surface area (Å²) >= 11 is 4.13. The van der Waals surface area contributed by atoms with Gasteiger partial charge in [-0.25, -0.2) is 0 Å². The molecule has 0 fully saturated rings. The number of unbranched alkanes of at least 4 members (excludes halogenated alkanes) is 12. The first-order valence-corrected chi connectivity index (χ1v) is 22.1. The van der Waals surface area contributed by atoms with Crippen molar-refractivity contribution < 1.29 is 0 Å². The van der Waals surface area contributed by atoms with E-state index in [-0.39, 0.29) is 0 Å². The second-order valence-electron chi connectivity index (χ2n) is 15.2. The molecule has 0 saturated carbocycles. The summed E-state index contributed by atoms with van der Waals surface area (Å²) in [7, 11) is 0. The number of rotatable bonds is 24. The molecule has 0 aliphatic carbocycles. The van der Waals surface area contributed by atoms with Crippen molar-refractivity contribution in [3.05, 3.63) is 58.3 Å². The van der Waals surface area contributed by atoms with Gasteiger partial charge in [-0.05, 0) is 70.5 Å². The Morgan fingerprint density at radius 2 is 0.688 bits per heavy atom. The van der Waals surface area contributed by atoms with Gasteiger partial charge in [-0.3, -0.25) is 0 Å². The molecular weight excluding hydrogens is 617 g/mol. The highest BCUT2D eigenvalue weighted by atomic mass is 32.1. The molecule has 2 aromatic heterocycles. The predicted molar refractivity (Wildman–Crippen MR) is 222 cm³/mol. The van der Waals surface area contributed by atoms with Gasteiger partial charge in [0.05, 0.1) is 0 Å². The molecule has 0 unspecified atom stereocenters. The van der Waals surface area contributed by atoms with Gasteiger partial charge in [0.15, 0.2) is 0 Å². The second kappa shape index (κ2) is 20.1. The van der Waals surface area contributed by atoms with Crippen LogP contribution in [-0.4, -0.2) is 0 Å². The summed E-state index contributed by atoms with van der Waals surface area (Å²) < 4.78 is 2.94.